The van der Waals surface area contributed by atoms with Crippen molar-refractivity contribution in [3.05, 3.63) is 71.3 Å². The van der Waals surface area contributed by atoms with E-state index in [-0.39, 0.29) is 38.0 Å². The van der Waals surface area contributed by atoms with Crippen LogP contribution in [-0.4, -0.2) is 147 Å². The molecule has 1 atom stereocenters. The molecule has 2 aromatic rings. The first-order valence-corrected chi connectivity index (χ1v) is 16.7. The van der Waals surface area contributed by atoms with Crippen molar-refractivity contribution in [2.75, 3.05) is 85.6 Å². The van der Waals surface area contributed by atoms with Gasteiger partial charge in [0.1, 0.15) is 12.6 Å². The van der Waals surface area contributed by atoms with Crippen LogP contribution in [0.5, 0.6) is 0 Å². The summed E-state index contributed by atoms with van der Waals surface area (Å²) in [5.74, 6) is -1.33. The average molecular weight is 682 g/mol. The number of aldehydes is 2. The molecule has 1 aliphatic heterocycles. The van der Waals surface area contributed by atoms with Crippen molar-refractivity contribution in [1.29, 1.82) is 0 Å². The molecule has 1 aliphatic rings. The van der Waals surface area contributed by atoms with Crippen molar-refractivity contribution in [2.24, 2.45) is 0 Å². The lowest BCUT2D eigenvalue weighted by atomic mass is 10.0. The summed E-state index contributed by atoms with van der Waals surface area (Å²) >= 11 is 0. The Balaban J connectivity index is 1.53. The lowest BCUT2D eigenvalue weighted by Gasteiger charge is -2.32. The van der Waals surface area contributed by atoms with Crippen LogP contribution >= 0.6 is 0 Å². The number of hydrogen-bond donors (Lipinski definition) is 4. The summed E-state index contributed by atoms with van der Waals surface area (Å²) in [5, 5.41) is 15.7. The third-order valence-corrected chi connectivity index (χ3v) is 8.47. The highest BCUT2D eigenvalue weighted by molar-refractivity contribution is 5.80. The predicted octanol–water partition coefficient (Wildman–Crippen LogP) is -0.225. The number of aliphatic carboxylic acids is 1. The summed E-state index contributed by atoms with van der Waals surface area (Å²) in [6.07, 6.45) is 3.03. The quantitative estimate of drug-likeness (QED) is 0.121. The van der Waals surface area contributed by atoms with Gasteiger partial charge in [0.15, 0.2) is 0 Å². The van der Waals surface area contributed by atoms with E-state index in [4.69, 9.17) is 4.84 Å². The number of carbonyl (C=O) groups excluding carboxylic acids is 4. The maximum atomic E-state index is 13.0. The fourth-order valence-corrected chi connectivity index (χ4v) is 5.59. The fraction of sp³-hybridized carbons (Fsp3) is 0.514. The van der Waals surface area contributed by atoms with Crippen LogP contribution in [0.3, 0.4) is 0 Å². The molecule has 1 heterocycles. The van der Waals surface area contributed by atoms with Gasteiger partial charge in [0.2, 0.25) is 5.91 Å². The Morgan fingerprint density at radius 3 is 1.76 bits per heavy atom. The van der Waals surface area contributed by atoms with E-state index in [1.807, 2.05) is 74.2 Å². The van der Waals surface area contributed by atoms with Gasteiger partial charge in [0, 0.05) is 65.4 Å². The fourth-order valence-electron chi connectivity index (χ4n) is 5.59. The topological polar surface area (TPSA) is 164 Å². The Kier molecular flexibility index (Phi) is 18.1. The third-order valence-electron chi connectivity index (χ3n) is 8.47. The van der Waals surface area contributed by atoms with Crippen LogP contribution in [0.2, 0.25) is 0 Å². The SMILES string of the molecule is CONC(=O)[C@@H](CCc1ccccc1)NCc1ccc(CNC(=O)CN2CCN(CC=O)CCN(CC=O)CCN(CC(=O)O)CC2)cc1. The Labute approximate surface area is 288 Å². The van der Waals surface area contributed by atoms with Crippen LogP contribution < -0.4 is 16.1 Å². The minimum Gasteiger partial charge on any atom is -0.480 e. The van der Waals surface area contributed by atoms with Gasteiger partial charge in [0.05, 0.1) is 39.3 Å². The van der Waals surface area contributed by atoms with Crippen molar-refractivity contribution in [1.82, 2.24) is 35.7 Å². The van der Waals surface area contributed by atoms with Crippen LogP contribution in [0.25, 0.3) is 0 Å². The van der Waals surface area contributed by atoms with Crippen LogP contribution in [0.4, 0.5) is 0 Å². The largest absolute Gasteiger partial charge is 0.480 e. The zero-order valence-electron chi connectivity index (χ0n) is 28.4. The smallest absolute Gasteiger partial charge is 0.317 e. The number of rotatable bonds is 18. The minimum absolute atomic E-state index is 0.128. The third kappa shape index (κ3) is 15.8. The molecule has 0 aliphatic carbocycles. The Morgan fingerprint density at radius 1 is 0.735 bits per heavy atom. The van der Waals surface area contributed by atoms with Crippen LogP contribution in [0.15, 0.2) is 54.6 Å². The first kappa shape index (κ1) is 39.4. The minimum atomic E-state index is -0.934. The second-order valence-electron chi connectivity index (χ2n) is 12.1. The number of nitrogens with one attached hydrogen (secondary N) is 3. The van der Waals surface area contributed by atoms with Crippen molar-refractivity contribution in [3.8, 4) is 0 Å². The standard InChI is InChI=1S/C35H51N7O7/c1-49-38-35(48)32(12-11-29-5-3-2-4-6-29)36-25-30-7-9-31(10-8-30)26-37-33(45)27-41-17-15-39(21-23-43)13-14-40(22-24-44)16-18-42(20-19-41)28-34(46)47/h2-10,23-24,32,36H,11-22,25-28H2,1H3,(H,37,45)(H,38,48)(H,46,47)/t32-/m1/s1. The number of benzene rings is 2. The molecule has 268 valence electrons. The molecular weight excluding hydrogens is 630 g/mol. The van der Waals surface area contributed by atoms with E-state index in [1.165, 1.54) is 7.11 Å². The number of aryl methyl sites for hydroxylation is 1. The summed E-state index contributed by atoms with van der Waals surface area (Å²) in [5.41, 5.74) is 5.49. The van der Waals surface area contributed by atoms with Crippen molar-refractivity contribution in [3.63, 3.8) is 0 Å². The molecule has 0 spiro atoms. The number of amides is 2. The van der Waals surface area contributed by atoms with Crippen molar-refractivity contribution >= 4 is 30.4 Å². The van der Waals surface area contributed by atoms with Gasteiger partial charge in [-0.1, -0.05) is 54.6 Å². The first-order chi connectivity index (χ1) is 23.8. The van der Waals surface area contributed by atoms with E-state index >= 15 is 0 Å². The van der Waals surface area contributed by atoms with E-state index in [9.17, 15) is 29.1 Å². The number of hydrogen-bond acceptors (Lipinski definition) is 11. The maximum absolute atomic E-state index is 13.0. The molecule has 0 bridgehead atoms. The highest BCUT2D eigenvalue weighted by atomic mass is 16.6. The Bertz CT molecular complexity index is 1300. The van der Waals surface area contributed by atoms with E-state index < -0.39 is 12.0 Å². The van der Waals surface area contributed by atoms with E-state index in [1.54, 1.807) is 0 Å². The first-order valence-electron chi connectivity index (χ1n) is 16.7. The lowest BCUT2D eigenvalue weighted by molar-refractivity contribution is -0.138. The van der Waals surface area contributed by atoms with E-state index in [0.29, 0.717) is 71.9 Å². The Morgan fingerprint density at radius 2 is 1.24 bits per heavy atom. The molecule has 14 heteroatoms. The maximum Gasteiger partial charge on any atom is 0.317 e. The summed E-state index contributed by atoms with van der Waals surface area (Å²) in [4.78, 5) is 72.2. The molecule has 0 unspecified atom stereocenters. The zero-order valence-corrected chi connectivity index (χ0v) is 28.4. The van der Waals surface area contributed by atoms with Crippen LogP contribution in [-0.2, 0) is 48.3 Å². The van der Waals surface area contributed by atoms with E-state index in [2.05, 4.69) is 16.1 Å². The molecule has 0 radical (unpaired) electrons. The molecule has 2 amide bonds. The number of carboxylic acid groups (broad SMARTS) is 1. The molecule has 1 fully saturated rings. The van der Waals surface area contributed by atoms with Crippen molar-refractivity contribution < 1.29 is 33.9 Å². The van der Waals surface area contributed by atoms with Gasteiger partial charge in [-0.15, -0.1) is 0 Å². The van der Waals surface area contributed by atoms with Gasteiger partial charge in [0.25, 0.3) is 5.91 Å². The molecular formula is C35H51N7O7. The van der Waals surface area contributed by atoms with Gasteiger partial charge in [-0.2, -0.15) is 0 Å². The molecule has 49 heavy (non-hydrogen) atoms. The lowest BCUT2D eigenvalue weighted by Crippen LogP contribution is -2.49. The van der Waals surface area contributed by atoms with Crippen LogP contribution in [0, 0.1) is 0 Å². The van der Waals surface area contributed by atoms with Gasteiger partial charge >= 0.3 is 5.97 Å². The Hall–Kier alpha value is -4.05. The molecule has 2 aromatic carbocycles. The second kappa shape index (κ2) is 22.6. The molecule has 0 saturated carbocycles. The van der Waals surface area contributed by atoms with Gasteiger partial charge < -0.3 is 25.3 Å². The summed E-state index contributed by atoms with van der Waals surface area (Å²) in [7, 11) is 1.41. The summed E-state index contributed by atoms with van der Waals surface area (Å²) < 4.78 is 0. The highest BCUT2D eigenvalue weighted by Crippen LogP contribution is 2.09. The van der Waals surface area contributed by atoms with Crippen molar-refractivity contribution in [2.45, 2.75) is 32.0 Å². The summed E-state index contributed by atoms with van der Waals surface area (Å²) in [6.45, 7) is 5.42. The molecule has 14 nitrogen and oxygen atoms in total. The monoisotopic (exact) mass is 681 g/mol. The van der Waals surface area contributed by atoms with Gasteiger partial charge in [-0.25, -0.2) is 5.48 Å². The van der Waals surface area contributed by atoms with Gasteiger partial charge in [-0.3, -0.25) is 38.8 Å². The molecule has 3 rings (SSSR count). The van der Waals surface area contributed by atoms with Crippen LogP contribution in [0.1, 0.15) is 23.1 Å². The normalized spacial score (nSPS) is 16.5. The predicted molar refractivity (Wildman–Crippen MR) is 184 cm³/mol. The average Bonchev–Trinajstić information content (AvgIpc) is 3.09. The number of carboxylic acids is 1. The second-order valence-corrected chi connectivity index (χ2v) is 12.1. The molecule has 0 aromatic heterocycles. The number of nitrogens with zero attached hydrogens (tertiary/aromatic N) is 4. The number of carbonyl (C=O) groups is 5. The van der Waals surface area contributed by atoms with E-state index in [0.717, 1.165) is 35.7 Å². The highest BCUT2D eigenvalue weighted by Gasteiger charge is 2.20. The summed E-state index contributed by atoms with van der Waals surface area (Å²) in [6, 6.07) is 17.4. The molecule has 1 saturated heterocycles. The zero-order chi connectivity index (χ0) is 35.3. The molecule has 4 N–H and O–H groups in total. The van der Waals surface area contributed by atoms with Gasteiger partial charge in [-0.05, 0) is 29.5 Å². The number of hydroxylamine groups is 1.